The summed E-state index contributed by atoms with van der Waals surface area (Å²) in [4.78, 5) is 12.0. The Bertz CT molecular complexity index is 405. The predicted octanol–water partition coefficient (Wildman–Crippen LogP) is 3.09. The second-order valence-electron chi connectivity index (χ2n) is 4.51. The van der Waals surface area contributed by atoms with Gasteiger partial charge in [0.1, 0.15) is 0 Å². The minimum Gasteiger partial charge on any atom is -0.349 e. The van der Waals surface area contributed by atoms with E-state index in [0.29, 0.717) is 6.04 Å². The Morgan fingerprint density at radius 1 is 1.29 bits per heavy atom. The number of aryl methyl sites for hydroxylation is 1. The average Bonchev–Trinajstić information content (AvgIpc) is 2.40. The third kappa shape index (κ3) is 3.19. The minimum atomic E-state index is 0.0490. The van der Waals surface area contributed by atoms with E-state index in [0.717, 1.165) is 31.2 Å². The Morgan fingerprint density at radius 3 is 2.65 bits per heavy atom. The van der Waals surface area contributed by atoms with Crippen molar-refractivity contribution in [2.45, 2.75) is 38.6 Å². The fourth-order valence-electron chi connectivity index (χ4n) is 2.09. The Kier molecular flexibility index (Phi) is 3.97. The quantitative estimate of drug-likeness (QED) is 0.793. The second-order valence-corrected chi connectivity index (χ2v) is 4.51. The molecular weight excluding hydrogens is 210 g/mol. The zero-order chi connectivity index (χ0) is 12.1. The van der Waals surface area contributed by atoms with Gasteiger partial charge in [-0.15, -0.1) is 0 Å². The van der Waals surface area contributed by atoms with Crippen molar-refractivity contribution < 1.29 is 4.79 Å². The van der Waals surface area contributed by atoms with Gasteiger partial charge in [-0.1, -0.05) is 31.2 Å². The molecule has 1 unspecified atom stereocenters. The topological polar surface area (TPSA) is 29.1 Å². The first kappa shape index (κ1) is 11.9. The number of rotatable bonds is 3. The first-order valence-electron chi connectivity index (χ1n) is 6.34. The van der Waals surface area contributed by atoms with Crippen molar-refractivity contribution in [3.05, 3.63) is 47.5 Å². The van der Waals surface area contributed by atoms with Gasteiger partial charge >= 0.3 is 0 Å². The molecule has 1 aliphatic rings. The van der Waals surface area contributed by atoms with Crippen LogP contribution >= 0.6 is 0 Å². The summed E-state index contributed by atoms with van der Waals surface area (Å²) in [5, 5.41) is 3.08. The summed E-state index contributed by atoms with van der Waals surface area (Å²) >= 11 is 0. The van der Waals surface area contributed by atoms with Crippen LogP contribution in [0.4, 0.5) is 0 Å². The van der Waals surface area contributed by atoms with Gasteiger partial charge in [0.05, 0.1) is 0 Å². The van der Waals surface area contributed by atoms with Crippen molar-refractivity contribution in [2.24, 2.45) is 0 Å². The molecule has 0 radical (unpaired) electrons. The normalized spacial score (nSPS) is 19.0. The third-order valence-corrected chi connectivity index (χ3v) is 3.23. The fraction of sp³-hybridized carbons (Fsp3) is 0.400. The highest BCUT2D eigenvalue weighted by Gasteiger charge is 2.13. The van der Waals surface area contributed by atoms with Crippen molar-refractivity contribution in [3.63, 3.8) is 0 Å². The lowest BCUT2D eigenvalue weighted by Gasteiger charge is -2.19. The molecule has 1 aromatic rings. The highest BCUT2D eigenvalue weighted by molar-refractivity contribution is 5.94. The molecule has 0 saturated carbocycles. The van der Waals surface area contributed by atoms with E-state index in [1.54, 1.807) is 0 Å². The summed E-state index contributed by atoms with van der Waals surface area (Å²) in [5.41, 5.74) is 2.03. The van der Waals surface area contributed by atoms with Crippen LogP contribution in [0.15, 0.2) is 36.4 Å². The van der Waals surface area contributed by atoms with Crippen molar-refractivity contribution >= 4 is 5.91 Å². The van der Waals surface area contributed by atoms with E-state index >= 15 is 0 Å². The highest BCUT2D eigenvalue weighted by Crippen LogP contribution is 2.12. The van der Waals surface area contributed by atoms with Gasteiger partial charge in [-0.05, 0) is 43.4 Å². The molecule has 0 aliphatic heterocycles. The van der Waals surface area contributed by atoms with Crippen LogP contribution < -0.4 is 5.32 Å². The van der Waals surface area contributed by atoms with Crippen molar-refractivity contribution in [2.75, 3.05) is 0 Å². The molecule has 0 fully saturated rings. The van der Waals surface area contributed by atoms with Gasteiger partial charge < -0.3 is 5.32 Å². The Morgan fingerprint density at radius 2 is 2.06 bits per heavy atom. The first-order valence-corrected chi connectivity index (χ1v) is 6.34. The summed E-state index contributed by atoms with van der Waals surface area (Å²) in [7, 11) is 0. The molecule has 1 aliphatic carbocycles. The van der Waals surface area contributed by atoms with E-state index in [2.05, 4.69) is 24.4 Å². The smallest absolute Gasteiger partial charge is 0.251 e. The van der Waals surface area contributed by atoms with Crippen molar-refractivity contribution in [1.82, 2.24) is 5.32 Å². The minimum absolute atomic E-state index is 0.0490. The molecule has 2 heteroatoms. The van der Waals surface area contributed by atoms with E-state index in [-0.39, 0.29) is 5.91 Å². The zero-order valence-electron chi connectivity index (χ0n) is 10.3. The monoisotopic (exact) mass is 229 g/mol. The number of hydrogen-bond donors (Lipinski definition) is 1. The lowest BCUT2D eigenvalue weighted by Crippen LogP contribution is -2.35. The molecule has 0 heterocycles. The van der Waals surface area contributed by atoms with Crippen LogP contribution in [0.5, 0.6) is 0 Å². The standard InChI is InChI=1S/C15H19NO/c1-2-12-8-10-13(11-9-12)15(17)16-14-6-4-3-5-7-14/h3-4,8-11,14H,2,5-7H2,1H3,(H,16,17). The number of amides is 1. The maximum Gasteiger partial charge on any atom is 0.251 e. The maximum absolute atomic E-state index is 12.0. The number of carbonyl (C=O) groups excluding carboxylic acids is 1. The molecule has 0 bridgehead atoms. The van der Waals surface area contributed by atoms with Gasteiger partial charge in [0.25, 0.3) is 5.91 Å². The number of nitrogens with one attached hydrogen (secondary N) is 1. The molecule has 1 N–H and O–H groups in total. The van der Waals surface area contributed by atoms with Crippen molar-refractivity contribution in [3.8, 4) is 0 Å². The van der Waals surface area contributed by atoms with E-state index in [4.69, 9.17) is 0 Å². The van der Waals surface area contributed by atoms with Gasteiger partial charge in [0.15, 0.2) is 0 Å². The summed E-state index contributed by atoms with van der Waals surface area (Å²) < 4.78 is 0. The molecule has 17 heavy (non-hydrogen) atoms. The molecule has 1 aromatic carbocycles. The Hall–Kier alpha value is -1.57. The summed E-state index contributed by atoms with van der Waals surface area (Å²) in [6.45, 7) is 2.11. The van der Waals surface area contributed by atoms with Crippen LogP contribution in [-0.4, -0.2) is 11.9 Å². The Labute approximate surface area is 103 Å². The summed E-state index contributed by atoms with van der Waals surface area (Å²) in [5.74, 6) is 0.0490. The van der Waals surface area contributed by atoms with Crippen LogP contribution in [0.3, 0.4) is 0 Å². The van der Waals surface area contributed by atoms with Crippen LogP contribution in [0.2, 0.25) is 0 Å². The number of hydrogen-bond acceptors (Lipinski definition) is 1. The third-order valence-electron chi connectivity index (χ3n) is 3.23. The molecule has 0 aromatic heterocycles. The van der Waals surface area contributed by atoms with Gasteiger partial charge in [-0.2, -0.15) is 0 Å². The lowest BCUT2D eigenvalue weighted by molar-refractivity contribution is 0.0934. The number of allylic oxidation sites excluding steroid dienone is 1. The molecule has 2 rings (SSSR count). The van der Waals surface area contributed by atoms with Gasteiger partial charge in [-0.25, -0.2) is 0 Å². The van der Waals surface area contributed by atoms with Crippen LogP contribution in [0, 0.1) is 0 Å². The number of carbonyl (C=O) groups is 1. The Balaban J connectivity index is 1.96. The molecule has 0 saturated heterocycles. The SMILES string of the molecule is CCc1ccc(C(=O)NC2CC=CCC2)cc1. The van der Waals surface area contributed by atoms with E-state index in [1.165, 1.54) is 5.56 Å². The molecular formula is C15H19NO. The lowest BCUT2D eigenvalue weighted by atomic mass is 10.0. The number of benzene rings is 1. The molecule has 90 valence electrons. The zero-order valence-corrected chi connectivity index (χ0v) is 10.3. The largest absolute Gasteiger partial charge is 0.349 e. The maximum atomic E-state index is 12.0. The van der Waals surface area contributed by atoms with Gasteiger partial charge in [-0.3, -0.25) is 4.79 Å². The molecule has 1 atom stereocenters. The van der Waals surface area contributed by atoms with Gasteiger partial charge in [0, 0.05) is 11.6 Å². The summed E-state index contributed by atoms with van der Waals surface area (Å²) in [6, 6.07) is 8.17. The molecule has 0 spiro atoms. The molecule has 1 amide bonds. The van der Waals surface area contributed by atoms with Crippen LogP contribution in [-0.2, 0) is 6.42 Å². The average molecular weight is 229 g/mol. The van der Waals surface area contributed by atoms with Gasteiger partial charge in [0.2, 0.25) is 0 Å². The van der Waals surface area contributed by atoms with E-state index in [1.807, 2.05) is 24.3 Å². The molecule has 2 nitrogen and oxygen atoms in total. The summed E-state index contributed by atoms with van der Waals surface area (Å²) in [6.07, 6.45) is 8.41. The van der Waals surface area contributed by atoms with Crippen LogP contribution in [0.1, 0.15) is 42.1 Å². The predicted molar refractivity (Wildman–Crippen MR) is 70.1 cm³/mol. The van der Waals surface area contributed by atoms with Crippen molar-refractivity contribution in [1.29, 1.82) is 0 Å². The second kappa shape index (κ2) is 5.67. The highest BCUT2D eigenvalue weighted by atomic mass is 16.1. The van der Waals surface area contributed by atoms with Crippen LogP contribution in [0.25, 0.3) is 0 Å². The van der Waals surface area contributed by atoms with E-state index in [9.17, 15) is 4.79 Å². The fourth-order valence-corrected chi connectivity index (χ4v) is 2.09. The van der Waals surface area contributed by atoms with E-state index < -0.39 is 0 Å². The first-order chi connectivity index (χ1) is 8.29.